The number of benzene rings is 1. The van der Waals surface area contributed by atoms with Gasteiger partial charge in [-0.25, -0.2) is 0 Å². The van der Waals surface area contributed by atoms with E-state index in [1.54, 1.807) is 12.1 Å². The first kappa shape index (κ1) is 13.2. The van der Waals surface area contributed by atoms with E-state index in [-0.39, 0.29) is 10.8 Å². The number of nitrogens with zero attached hydrogens (tertiary/aromatic N) is 1. The van der Waals surface area contributed by atoms with Gasteiger partial charge in [0.15, 0.2) is 11.5 Å². The molecule has 1 aromatic carbocycles. The summed E-state index contributed by atoms with van der Waals surface area (Å²) in [6, 6.07) is 3.34. The third-order valence-electron chi connectivity index (χ3n) is 3.07. The number of hydrogen-bond donors (Lipinski definition) is 0. The molecule has 0 aliphatic heterocycles. The van der Waals surface area contributed by atoms with Gasteiger partial charge >= 0.3 is 0 Å². The summed E-state index contributed by atoms with van der Waals surface area (Å²) in [4.78, 5) is 12.5. The molecule has 98 valence electrons. The fourth-order valence-electron chi connectivity index (χ4n) is 1.91. The van der Waals surface area contributed by atoms with Crippen molar-refractivity contribution >= 4 is 44.9 Å². The van der Waals surface area contributed by atoms with Crippen molar-refractivity contribution < 1.29 is 9.32 Å². The van der Waals surface area contributed by atoms with Gasteiger partial charge in [0, 0.05) is 16.0 Å². The van der Waals surface area contributed by atoms with Crippen molar-refractivity contribution in [2.75, 3.05) is 0 Å². The molecule has 0 radical (unpaired) electrons. The lowest BCUT2D eigenvalue weighted by molar-refractivity contribution is 0.103. The monoisotopic (exact) mass is 359 g/mol. The molecule has 0 bridgehead atoms. The van der Waals surface area contributed by atoms with Crippen LogP contribution in [0.3, 0.4) is 0 Å². The van der Waals surface area contributed by atoms with Gasteiger partial charge in [-0.2, -0.15) is 0 Å². The van der Waals surface area contributed by atoms with Crippen LogP contribution in [0.1, 0.15) is 40.4 Å². The van der Waals surface area contributed by atoms with E-state index in [1.165, 1.54) is 6.20 Å². The number of hydrogen-bond acceptors (Lipinski definition) is 3. The molecule has 1 saturated carbocycles. The van der Waals surface area contributed by atoms with Gasteiger partial charge in [-0.05, 0) is 40.9 Å². The number of aromatic nitrogens is 1. The molecule has 1 aliphatic rings. The fraction of sp³-hybridized carbons (Fsp3) is 0.231. The highest BCUT2D eigenvalue weighted by Crippen LogP contribution is 2.42. The molecule has 6 heteroatoms. The predicted molar refractivity (Wildman–Crippen MR) is 76.1 cm³/mol. The molecule has 19 heavy (non-hydrogen) atoms. The summed E-state index contributed by atoms with van der Waals surface area (Å²) in [6.07, 6.45) is 3.51. The molecule has 3 nitrogen and oxygen atoms in total. The van der Waals surface area contributed by atoms with Crippen LogP contribution < -0.4 is 0 Å². The summed E-state index contributed by atoms with van der Waals surface area (Å²) < 4.78 is 5.82. The van der Waals surface area contributed by atoms with Crippen LogP contribution in [0.5, 0.6) is 0 Å². The first-order chi connectivity index (χ1) is 9.09. The molecular weight excluding hydrogens is 353 g/mol. The van der Waals surface area contributed by atoms with E-state index in [0.29, 0.717) is 32.3 Å². The number of halogens is 3. The van der Waals surface area contributed by atoms with Crippen molar-refractivity contribution in [3.8, 4) is 0 Å². The van der Waals surface area contributed by atoms with Gasteiger partial charge in [-0.1, -0.05) is 28.4 Å². The molecule has 1 aliphatic carbocycles. The Labute approximate surface area is 128 Å². The van der Waals surface area contributed by atoms with Gasteiger partial charge < -0.3 is 4.52 Å². The largest absolute Gasteiger partial charge is 0.360 e. The second-order valence-corrected chi connectivity index (χ2v) is 6.04. The molecule has 1 heterocycles. The van der Waals surface area contributed by atoms with Crippen molar-refractivity contribution in [1.82, 2.24) is 5.16 Å². The lowest BCUT2D eigenvalue weighted by atomic mass is 10.0. The summed E-state index contributed by atoms with van der Waals surface area (Å²) in [7, 11) is 0. The highest BCUT2D eigenvalue weighted by Gasteiger charge is 2.33. The minimum Gasteiger partial charge on any atom is -0.360 e. The molecule has 0 N–H and O–H groups in total. The van der Waals surface area contributed by atoms with Crippen molar-refractivity contribution in [3.63, 3.8) is 0 Å². The second-order valence-electron chi connectivity index (χ2n) is 4.43. The Kier molecular flexibility index (Phi) is 3.41. The molecule has 3 rings (SSSR count). The molecule has 0 unspecified atom stereocenters. The summed E-state index contributed by atoms with van der Waals surface area (Å²) in [5.74, 6) is 0.758. The number of carbonyl (C=O) groups is 1. The van der Waals surface area contributed by atoms with E-state index < -0.39 is 0 Å². The number of carbonyl (C=O) groups excluding carboxylic acids is 1. The Morgan fingerprint density at radius 3 is 2.68 bits per heavy atom. The fourth-order valence-corrected chi connectivity index (χ4v) is 2.77. The Hall–Kier alpha value is -0.840. The van der Waals surface area contributed by atoms with E-state index in [0.717, 1.165) is 12.8 Å². The van der Waals surface area contributed by atoms with Crippen LogP contribution in [0.4, 0.5) is 0 Å². The lowest BCUT2D eigenvalue weighted by Crippen LogP contribution is -2.04. The van der Waals surface area contributed by atoms with Gasteiger partial charge in [-0.15, -0.1) is 0 Å². The van der Waals surface area contributed by atoms with Crippen LogP contribution in [0, 0.1) is 0 Å². The molecule has 0 saturated heterocycles. The van der Waals surface area contributed by atoms with E-state index in [9.17, 15) is 4.79 Å². The average molecular weight is 361 g/mol. The Bertz CT molecular complexity index is 665. The smallest absolute Gasteiger partial charge is 0.199 e. The van der Waals surface area contributed by atoms with E-state index >= 15 is 0 Å². The molecule has 2 aromatic rings. The summed E-state index contributed by atoms with van der Waals surface area (Å²) >= 11 is 15.4. The zero-order valence-electron chi connectivity index (χ0n) is 9.62. The second kappa shape index (κ2) is 4.93. The summed E-state index contributed by atoms with van der Waals surface area (Å²) in [5, 5.41) is 4.29. The van der Waals surface area contributed by atoms with Crippen molar-refractivity contribution in [2.45, 2.75) is 18.8 Å². The third kappa shape index (κ3) is 2.33. The maximum absolute atomic E-state index is 12.5. The lowest BCUT2D eigenvalue weighted by Gasteiger charge is -2.06. The highest BCUT2D eigenvalue weighted by atomic mass is 79.9. The zero-order valence-corrected chi connectivity index (χ0v) is 12.7. The zero-order chi connectivity index (χ0) is 13.6. The Morgan fingerprint density at radius 2 is 2.00 bits per heavy atom. The SMILES string of the molecule is O=C(c1cnoc1C1CC1)c1ccc(Br)c(Cl)c1Cl. The van der Waals surface area contributed by atoms with Crippen molar-refractivity contribution in [2.24, 2.45) is 0 Å². The van der Waals surface area contributed by atoms with Crippen LogP contribution in [-0.4, -0.2) is 10.9 Å². The minimum absolute atomic E-state index is 0.206. The maximum atomic E-state index is 12.5. The van der Waals surface area contributed by atoms with Crippen molar-refractivity contribution in [3.05, 3.63) is 49.7 Å². The van der Waals surface area contributed by atoms with Gasteiger partial charge in [0.05, 0.1) is 21.8 Å². The molecule has 1 fully saturated rings. The molecule has 0 atom stereocenters. The highest BCUT2D eigenvalue weighted by molar-refractivity contribution is 9.10. The Morgan fingerprint density at radius 1 is 1.26 bits per heavy atom. The normalized spacial score (nSPS) is 14.7. The first-order valence-electron chi connectivity index (χ1n) is 5.72. The van der Waals surface area contributed by atoms with Crippen LogP contribution in [-0.2, 0) is 0 Å². The molecular formula is C13H8BrCl2NO2. The average Bonchev–Trinajstić information content (AvgIpc) is 3.13. The number of rotatable bonds is 3. The van der Waals surface area contributed by atoms with Crippen LogP contribution >= 0.6 is 39.1 Å². The quantitative estimate of drug-likeness (QED) is 0.580. The summed E-state index contributed by atoms with van der Waals surface area (Å²) in [6.45, 7) is 0. The van der Waals surface area contributed by atoms with Crippen LogP contribution in [0.15, 0.2) is 27.3 Å². The number of ketones is 1. The van der Waals surface area contributed by atoms with Crippen molar-refractivity contribution in [1.29, 1.82) is 0 Å². The molecule has 1 aromatic heterocycles. The van der Waals surface area contributed by atoms with E-state index in [1.807, 2.05) is 0 Å². The maximum Gasteiger partial charge on any atom is 0.199 e. The van der Waals surface area contributed by atoms with Gasteiger partial charge in [-0.3, -0.25) is 4.79 Å². The van der Waals surface area contributed by atoms with E-state index in [4.69, 9.17) is 27.7 Å². The topological polar surface area (TPSA) is 43.1 Å². The first-order valence-corrected chi connectivity index (χ1v) is 7.27. The van der Waals surface area contributed by atoms with Crippen LogP contribution in [0.2, 0.25) is 10.0 Å². The van der Waals surface area contributed by atoms with Gasteiger partial charge in [0.1, 0.15) is 0 Å². The Balaban J connectivity index is 2.04. The van der Waals surface area contributed by atoms with Crippen LogP contribution in [0.25, 0.3) is 0 Å². The summed E-state index contributed by atoms with van der Waals surface area (Å²) in [5.41, 5.74) is 0.836. The standard InChI is InChI=1S/C13H8BrCl2NO2/c14-9-4-3-7(10(15)11(9)16)12(18)8-5-17-19-13(8)6-1-2-6/h3-6H,1-2H2. The third-order valence-corrected chi connectivity index (χ3v) is 4.84. The minimum atomic E-state index is -0.206. The molecule has 0 spiro atoms. The molecule has 0 amide bonds. The van der Waals surface area contributed by atoms with E-state index in [2.05, 4.69) is 21.1 Å². The van der Waals surface area contributed by atoms with Gasteiger partial charge in [0.2, 0.25) is 0 Å². The predicted octanol–water partition coefficient (Wildman–Crippen LogP) is 4.85. The van der Waals surface area contributed by atoms with Gasteiger partial charge in [0.25, 0.3) is 0 Å².